The lowest BCUT2D eigenvalue weighted by Gasteiger charge is -2.45. The van der Waals surface area contributed by atoms with Gasteiger partial charge in [0, 0.05) is 11.8 Å². The van der Waals surface area contributed by atoms with Crippen LogP contribution in [0.4, 0.5) is 0 Å². The van der Waals surface area contributed by atoms with Crippen molar-refractivity contribution in [1.82, 2.24) is 0 Å². The molecule has 0 aromatic carbocycles. The smallest absolute Gasteiger partial charge is 0.126 e. The molecule has 0 radical (unpaired) electrons. The summed E-state index contributed by atoms with van der Waals surface area (Å²) in [4.78, 5) is -1.32. The van der Waals surface area contributed by atoms with Crippen molar-refractivity contribution in [1.29, 1.82) is 0 Å². The van der Waals surface area contributed by atoms with Crippen molar-refractivity contribution in [3.8, 4) is 0 Å². The molecule has 24 heavy (non-hydrogen) atoms. The number of rotatable bonds is 3. The van der Waals surface area contributed by atoms with Gasteiger partial charge in [0.2, 0.25) is 0 Å². The molecule has 0 spiro atoms. The molecule has 2 rings (SSSR count). The highest BCUT2D eigenvalue weighted by atomic mass is 35.5. The van der Waals surface area contributed by atoms with E-state index < -0.39 is 13.5 Å². The molecule has 0 fully saturated rings. The van der Waals surface area contributed by atoms with Gasteiger partial charge in [-0.2, -0.15) is 0 Å². The molecule has 2 atom stereocenters. The summed E-state index contributed by atoms with van der Waals surface area (Å²) in [6.45, 7) is 0. The molecule has 0 aromatic rings. The van der Waals surface area contributed by atoms with E-state index >= 15 is 0 Å². The molecule has 0 N–H and O–H groups in total. The van der Waals surface area contributed by atoms with Crippen LogP contribution in [-0.4, -0.2) is 25.3 Å². The molecular formula is C16H18Cl8. The lowest BCUT2D eigenvalue weighted by atomic mass is 9.85. The Balaban J connectivity index is 2.62. The van der Waals surface area contributed by atoms with E-state index in [1.54, 1.807) is 0 Å². The van der Waals surface area contributed by atoms with Gasteiger partial charge < -0.3 is 0 Å². The van der Waals surface area contributed by atoms with Crippen molar-refractivity contribution in [2.75, 3.05) is 11.8 Å². The van der Waals surface area contributed by atoms with Crippen molar-refractivity contribution >= 4 is 92.8 Å². The average molecular weight is 494 g/mol. The molecule has 0 saturated carbocycles. The van der Waals surface area contributed by atoms with E-state index in [-0.39, 0.29) is 22.7 Å². The first-order chi connectivity index (χ1) is 11.1. The average Bonchev–Trinajstić information content (AvgIpc) is 2.84. The Hall–Kier alpha value is 1.80. The predicted octanol–water partition coefficient (Wildman–Crippen LogP) is 8.19. The van der Waals surface area contributed by atoms with Gasteiger partial charge in [0.25, 0.3) is 0 Å². The van der Waals surface area contributed by atoms with Crippen LogP contribution in [0.15, 0.2) is 22.3 Å². The fourth-order valence-corrected chi connectivity index (χ4v) is 6.31. The number of hydrogen-bond acceptors (Lipinski definition) is 0. The minimum absolute atomic E-state index is 0.0589. The zero-order chi connectivity index (χ0) is 18.2. The third-order valence-electron chi connectivity index (χ3n) is 4.86. The Morgan fingerprint density at radius 1 is 1.00 bits per heavy atom. The number of alkyl halides is 7. The van der Waals surface area contributed by atoms with Crippen molar-refractivity contribution in [2.24, 2.45) is 5.92 Å². The van der Waals surface area contributed by atoms with E-state index in [0.29, 0.717) is 6.42 Å². The molecule has 0 aromatic heterocycles. The van der Waals surface area contributed by atoms with Crippen LogP contribution in [-0.2, 0) is 0 Å². The normalized spacial score (nSPS) is 33.7. The quantitative estimate of drug-likeness (QED) is 0.348. The summed E-state index contributed by atoms with van der Waals surface area (Å²) in [5.41, 5.74) is 1.96. The summed E-state index contributed by atoms with van der Waals surface area (Å²) < 4.78 is -3.60. The number of allylic oxidation sites excluding steroid dienone is 4. The molecule has 138 valence electrons. The second kappa shape index (κ2) is 8.44. The first kappa shape index (κ1) is 22.1. The van der Waals surface area contributed by atoms with Crippen LogP contribution >= 0.6 is 92.8 Å². The summed E-state index contributed by atoms with van der Waals surface area (Å²) in [5, 5.41) is 0.215. The van der Waals surface area contributed by atoms with Gasteiger partial charge in [0.1, 0.15) is 0 Å². The van der Waals surface area contributed by atoms with E-state index in [1.807, 2.05) is 0 Å². The summed E-state index contributed by atoms with van der Waals surface area (Å²) >= 11 is 51.9. The SMILES string of the molecule is ClCC1CC(C2=CCCCCC2)=C(Cl)C(Cl)(Cl)C(Cl)(Cl)C1(Cl)CCl. The molecule has 0 heterocycles. The van der Waals surface area contributed by atoms with Crippen molar-refractivity contribution in [3.63, 3.8) is 0 Å². The van der Waals surface area contributed by atoms with E-state index in [1.165, 1.54) is 6.42 Å². The molecule has 2 unspecified atom stereocenters. The highest BCUT2D eigenvalue weighted by Crippen LogP contribution is 2.63. The van der Waals surface area contributed by atoms with Crippen molar-refractivity contribution < 1.29 is 0 Å². The van der Waals surface area contributed by atoms with Gasteiger partial charge in [-0.25, -0.2) is 0 Å². The van der Waals surface area contributed by atoms with Gasteiger partial charge in [-0.1, -0.05) is 70.5 Å². The Morgan fingerprint density at radius 2 is 1.67 bits per heavy atom. The predicted molar refractivity (Wildman–Crippen MR) is 111 cm³/mol. The molecule has 2 aliphatic rings. The molecule has 0 amide bonds. The van der Waals surface area contributed by atoms with E-state index in [9.17, 15) is 0 Å². The van der Waals surface area contributed by atoms with Gasteiger partial charge in [0.15, 0.2) is 8.67 Å². The van der Waals surface area contributed by atoms with Crippen LogP contribution in [0.25, 0.3) is 0 Å². The van der Waals surface area contributed by atoms with E-state index in [0.717, 1.165) is 36.8 Å². The molecule has 0 bridgehead atoms. The van der Waals surface area contributed by atoms with Crippen LogP contribution in [0.5, 0.6) is 0 Å². The Labute approximate surface area is 183 Å². The first-order valence-corrected chi connectivity index (χ1v) is 11.1. The Morgan fingerprint density at radius 3 is 2.25 bits per heavy atom. The van der Waals surface area contributed by atoms with Gasteiger partial charge in [-0.3, -0.25) is 0 Å². The zero-order valence-corrected chi connectivity index (χ0v) is 18.9. The van der Waals surface area contributed by atoms with Gasteiger partial charge in [0.05, 0.1) is 9.91 Å². The maximum absolute atomic E-state index is 6.75. The third-order valence-corrected chi connectivity index (χ3v) is 9.99. The second-order valence-electron chi connectivity index (χ2n) is 6.32. The minimum Gasteiger partial charge on any atom is -0.126 e. The molecule has 8 heteroatoms. The molecule has 0 aliphatic heterocycles. The number of halogens is 8. The van der Waals surface area contributed by atoms with Gasteiger partial charge >= 0.3 is 0 Å². The summed E-state index contributed by atoms with van der Waals surface area (Å²) in [6, 6.07) is 0. The van der Waals surface area contributed by atoms with Crippen LogP contribution in [0.3, 0.4) is 0 Å². The molecule has 0 saturated heterocycles. The fraction of sp³-hybridized carbons (Fsp3) is 0.750. The van der Waals surface area contributed by atoms with Crippen LogP contribution in [0.2, 0.25) is 0 Å². The maximum atomic E-state index is 6.75. The van der Waals surface area contributed by atoms with Gasteiger partial charge in [-0.15, -0.1) is 34.8 Å². The van der Waals surface area contributed by atoms with Crippen molar-refractivity contribution in [2.45, 2.75) is 52.1 Å². The first-order valence-electron chi connectivity index (χ1n) is 7.78. The Bertz CT molecular complexity index is 536. The maximum Gasteiger partial charge on any atom is 0.188 e. The molecule has 2 aliphatic carbocycles. The monoisotopic (exact) mass is 490 g/mol. The highest BCUT2D eigenvalue weighted by Gasteiger charge is 2.66. The highest BCUT2D eigenvalue weighted by molar-refractivity contribution is 6.69. The largest absolute Gasteiger partial charge is 0.188 e. The fourth-order valence-electron chi connectivity index (χ4n) is 3.27. The zero-order valence-electron chi connectivity index (χ0n) is 12.8. The number of hydrogen-bond donors (Lipinski definition) is 0. The summed E-state index contributed by atoms with van der Waals surface area (Å²) in [7, 11) is 0. The molecular weight excluding hydrogens is 476 g/mol. The summed E-state index contributed by atoms with van der Waals surface area (Å²) in [6.07, 6.45) is 7.96. The third kappa shape index (κ3) is 3.70. The topological polar surface area (TPSA) is 0 Å². The molecule has 0 nitrogen and oxygen atoms in total. The lowest BCUT2D eigenvalue weighted by molar-refractivity contribution is 0.394. The van der Waals surface area contributed by atoms with Crippen LogP contribution in [0.1, 0.15) is 38.5 Å². The Kier molecular flexibility index (Phi) is 7.77. The second-order valence-corrected chi connectivity index (χ2v) is 10.6. The minimum atomic E-state index is -1.81. The van der Waals surface area contributed by atoms with Gasteiger partial charge in [-0.05, 0) is 49.2 Å². The standard InChI is InChI=1S/C16H18Cl8/c17-8-11-7-12(10-5-3-1-2-4-6-10)13(19)15(21,22)16(23,24)14(11,20)9-18/h5,11H,1-4,6-9H2. The lowest BCUT2D eigenvalue weighted by Crippen LogP contribution is -2.57. The van der Waals surface area contributed by atoms with Crippen LogP contribution < -0.4 is 0 Å². The van der Waals surface area contributed by atoms with E-state index in [4.69, 9.17) is 92.8 Å². The van der Waals surface area contributed by atoms with E-state index in [2.05, 4.69) is 6.08 Å². The van der Waals surface area contributed by atoms with Crippen molar-refractivity contribution in [3.05, 3.63) is 22.3 Å². The van der Waals surface area contributed by atoms with Crippen LogP contribution in [0, 0.1) is 5.92 Å². The summed E-state index contributed by atoms with van der Waals surface area (Å²) in [5.74, 6) is -0.181.